The lowest BCUT2D eigenvalue weighted by Gasteiger charge is -2.14. The lowest BCUT2D eigenvalue weighted by Crippen LogP contribution is -2.07. The molecule has 27 heavy (non-hydrogen) atoms. The van der Waals surface area contributed by atoms with Gasteiger partial charge in [-0.3, -0.25) is 4.79 Å². The molecule has 3 rings (SSSR count). The van der Waals surface area contributed by atoms with E-state index in [2.05, 4.69) is 18.4 Å². The van der Waals surface area contributed by atoms with Crippen LogP contribution >= 0.6 is 0 Å². The van der Waals surface area contributed by atoms with Crippen molar-refractivity contribution in [2.75, 3.05) is 0 Å². The minimum Gasteiger partial charge on any atom is -0.344 e. The van der Waals surface area contributed by atoms with Crippen molar-refractivity contribution in [2.45, 2.75) is 45.3 Å². The second kappa shape index (κ2) is 7.59. The maximum atomic E-state index is 13.0. The largest absolute Gasteiger partial charge is 0.416 e. The lowest BCUT2D eigenvalue weighted by atomic mass is 10.0. The number of ketones is 1. The average molecular weight is 373 g/mol. The van der Waals surface area contributed by atoms with Gasteiger partial charge in [0.1, 0.15) is 0 Å². The molecule has 0 aliphatic heterocycles. The number of nitrogens with zero attached hydrogens (tertiary/aromatic N) is 1. The van der Waals surface area contributed by atoms with Gasteiger partial charge in [0.15, 0.2) is 5.78 Å². The second-order valence-electron chi connectivity index (χ2n) is 6.86. The van der Waals surface area contributed by atoms with E-state index in [0.717, 1.165) is 42.3 Å². The van der Waals surface area contributed by atoms with Gasteiger partial charge in [0.2, 0.25) is 0 Å². The molecule has 0 bridgehead atoms. The molecular formula is C22H22F3NO. The van der Waals surface area contributed by atoms with E-state index < -0.39 is 11.7 Å². The van der Waals surface area contributed by atoms with Gasteiger partial charge in [-0.1, -0.05) is 50.1 Å². The van der Waals surface area contributed by atoms with Crippen LogP contribution in [0.15, 0.2) is 54.7 Å². The Morgan fingerprint density at radius 3 is 2.37 bits per heavy atom. The van der Waals surface area contributed by atoms with Crippen LogP contribution in [0.5, 0.6) is 0 Å². The van der Waals surface area contributed by atoms with Crippen LogP contribution in [0.4, 0.5) is 13.2 Å². The maximum absolute atomic E-state index is 13.0. The Balaban J connectivity index is 2.00. The number of halogens is 3. The SMILES string of the molecule is CCCCC(C)n1cc(C(=O)c2ccc(C(F)(F)F)cc2)c2ccccc21. The highest BCUT2D eigenvalue weighted by molar-refractivity contribution is 6.16. The molecule has 0 fully saturated rings. The molecule has 142 valence electrons. The van der Waals surface area contributed by atoms with Gasteiger partial charge < -0.3 is 4.57 Å². The fraction of sp³-hybridized carbons (Fsp3) is 0.318. The summed E-state index contributed by atoms with van der Waals surface area (Å²) in [6.45, 7) is 4.26. The molecule has 5 heteroatoms. The summed E-state index contributed by atoms with van der Waals surface area (Å²) in [7, 11) is 0. The number of para-hydroxylation sites is 1. The number of hydrogen-bond acceptors (Lipinski definition) is 1. The second-order valence-corrected chi connectivity index (χ2v) is 6.86. The van der Waals surface area contributed by atoms with Crippen LogP contribution in [0.3, 0.4) is 0 Å². The molecule has 0 aliphatic rings. The smallest absolute Gasteiger partial charge is 0.344 e. The van der Waals surface area contributed by atoms with Gasteiger partial charge >= 0.3 is 6.18 Å². The van der Waals surface area contributed by atoms with E-state index in [1.54, 1.807) is 0 Å². The highest BCUT2D eigenvalue weighted by Gasteiger charge is 2.30. The van der Waals surface area contributed by atoms with Crippen molar-refractivity contribution in [1.29, 1.82) is 0 Å². The molecule has 1 aromatic heterocycles. The van der Waals surface area contributed by atoms with Crippen LogP contribution in [0.25, 0.3) is 10.9 Å². The van der Waals surface area contributed by atoms with Crippen molar-refractivity contribution in [3.8, 4) is 0 Å². The normalized spacial score (nSPS) is 13.1. The van der Waals surface area contributed by atoms with Crippen LogP contribution in [0, 0.1) is 0 Å². The Morgan fingerprint density at radius 2 is 1.74 bits per heavy atom. The number of hydrogen-bond donors (Lipinski definition) is 0. The van der Waals surface area contributed by atoms with Gasteiger partial charge in [0.25, 0.3) is 0 Å². The highest BCUT2D eigenvalue weighted by atomic mass is 19.4. The van der Waals surface area contributed by atoms with Crippen LogP contribution in [0.2, 0.25) is 0 Å². The van der Waals surface area contributed by atoms with Crippen molar-refractivity contribution < 1.29 is 18.0 Å². The summed E-state index contributed by atoms with van der Waals surface area (Å²) >= 11 is 0. The monoisotopic (exact) mass is 373 g/mol. The molecule has 0 N–H and O–H groups in total. The summed E-state index contributed by atoms with van der Waals surface area (Å²) in [6, 6.07) is 12.3. The molecule has 0 amide bonds. The number of carbonyl (C=O) groups excluding carboxylic acids is 1. The molecule has 0 saturated heterocycles. The maximum Gasteiger partial charge on any atom is 0.416 e. The van der Waals surface area contributed by atoms with Crippen LogP contribution in [-0.2, 0) is 6.18 Å². The predicted molar refractivity (Wildman–Crippen MR) is 101 cm³/mol. The lowest BCUT2D eigenvalue weighted by molar-refractivity contribution is -0.137. The molecule has 1 atom stereocenters. The third kappa shape index (κ3) is 3.92. The fourth-order valence-corrected chi connectivity index (χ4v) is 3.36. The van der Waals surface area contributed by atoms with Gasteiger partial charge in [-0.15, -0.1) is 0 Å². The Labute approximate surface area is 156 Å². The Morgan fingerprint density at radius 1 is 1.07 bits per heavy atom. The molecule has 1 heterocycles. The molecule has 2 nitrogen and oxygen atoms in total. The van der Waals surface area contributed by atoms with Crippen LogP contribution in [-0.4, -0.2) is 10.4 Å². The third-order valence-electron chi connectivity index (χ3n) is 4.91. The van der Waals surface area contributed by atoms with E-state index >= 15 is 0 Å². The van der Waals surface area contributed by atoms with Crippen molar-refractivity contribution in [3.05, 3.63) is 71.4 Å². The molecule has 3 aromatic rings. The van der Waals surface area contributed by atoms with E-state index in [0.29, 0.717) is 5.56 Å². The Kier molecular flexibility index (Phi) is 5.40. The minimum absolute atomic E-state index is 0.240. The van der Waals surface area contributed by atoms with Crippen molar-refractivity contribution in [1.82, 2.24) is 4.57 Å². The predicted octanol–water partition coefficient (Wildman–Crippen LogP) is 6.64. The number of alkyl halides is 3. The number of rotatable bonds is 6. The Bertz CT molecular complexity index is 938. The minimum atomic E-state index is -4.41. The molecular weight excluding hydrogens is 351 g/mol. The zero-order chi connectivity index (χ0) is 19.6. The fourth-order valence-electron chi connectivity index (χ4n) is 3.36. The quantitative estimate of drug-likeness (QED) is 0.444. The first kappa shape index (κ1) is 19.2. The standard InChI is InChI=1S/C22H22F3NO/c1-3-4-7-15(2)26-14-19(18-8-5-6-9-20(18)26)21(27)16-10-12-17(13-11-16)22(23,24)25/h5-6,8-15H,3-4,7H2,1-2H3. The molecule has 0 spiro atoms. The van der Waals surface area contributed by atoms with E-state index in [1.165, 1.54) is 12.1 Å². The molecule has 0 saturated carbocycles. The van der Waals surface area contributed by atoms with Gasteiger partial charge in [-0.25, -0.2) is 0 Å². The topological polar surface area (TPSA) is 22.0 Å². The molecule has 1 unspecified atom stereocenters. The van der Waals surface area contributed by atoms with E-state index in [9.17, 15) is 18.0 Å². The van der Waals surface area contributed by atoms with Gasteiger partial charge in [0, 0.05) is 34.3 Å². The number of unbranched alkanes of at least 4 members (excludes halogenated alkanes) is 1. The average Bonchev–Trinajstić information content (AvgIpc) is 3.05. The highest BCUT2D eigenvalue weighted by Crippen LogP contribution is 2.31. The van der Waals surface area contributed by atoms with E-state index in [-0.39, 0.29) is 17.4 Å². The van der Waals surface area contributed by atoms with Crippen molar-refractivity contribution >= 4 is 16.7 Å². The summed E-state index contributed by atoms with van der Waals surface area (Å²) in [5, 5.41) is 0.825. The first-order chi connectivity index (χ1) is 12.8. The molecule has 0 radical (unpaired) electrons. The summed E-state index contributed by atoms with van der Waals surface area (Å²) in [5.41, 5.74) is 0.992. The van der Waals surface area contributed by atoms with E-state index in [1.807, 2.05) is 30.5 Å². The molecule has 0 aliphatic carbocycles. The van der Waals surface area contributed by atoms with Gasteiger partial charge in [-0.05, 0) is 31.5 Å². The number of fused-ring (bicyclic) bond motifs is 1. The Hall–Kier alpha value is -2.56. The van der Waals surface area contributed by atoms with Crippen LogP contribution in [0.1, 0.15) is 60.6 Å². The van der Waals surface area contributed by atoms with Crippen LogP contribution < -0.4 is 0 Å². The first-order valence-corrected chi connectivity index (χ1v) is 9.14. The summed E-state index contributed by atoms with van der Waals surface area (Å²) < 4.78 is 40.4. The number of carbonyl (C=O) groups is 1. The molecule has 2 aromatic carbocycles. The third-order valence-corrected chi connectivity index (χ3v) is 4.91. The first-order valence-electron chi connectivity index (χ1n) is 9.14. The number of benzene rings is 2. The summed E-state index contributed by atoms with van der Waals surface area (Å²) in [5.74, 6) is -0.263. The number of aromatic nitrogens is 1. The summed E-state index contributed by atoms with van der Waals surface area (Å²) in [4.78, 5) is 13.0. The zero-order valence-corrected chi connectivity index (χ0v) is 15.4. The zero-order valence-electron chi connectivity index (χ0n) is 15.4. The summed E-state index contributed by atoms with van der Waals surface area (Å²) in [6.07, 6.45) is 0.622. The van der Waals surface area contributed by atoms with Gasteiger partial charge in [-0.2, -0.15) is 13.2 Å². The van der Waals surface area contributed by atoms with Crippen molar-refractivity contribution in [2.24, 2.45) is 0 Å². The van der Waals surface area contributed by atoms with Crippen molar-refractivity contribution in [3.63, 3.8) is 0 Å². The van der Waals surface area contributed by atoms with Gasteiger partial charge in [0.05, 0.1) is 5.56 Å². The van der Waals surface area contributed by atoms with E-state index in [4.69, 9.17) is 0 Å².